The van der Waals surface area contributed by atoms with E-state index in [4.69, 9.17) is 5.73 Å². The van der Waals surface area contributed by atoms with Crippen molar-refractivity contribution in [1.82, 2.24) is 10.3 Å². The summed E-state index contributed by atoms with van der Waals surface area (Å²) in [5, 5.41) is 3.70. The third-order valence-corrected chi connectivity index (χ3v) is 2.62. The summed E-state index contributed by atoms with van der Waals surface area (Å²) in [6, 6.07) is 9.20. The van der Waals surface area contributed by atoms with Crippen molar-refractivity contribution in [3.63, 3.8) is 0 Å². The first-order valence-electron chi connectivity index (χ1n) is 5.57. The second kappa shape index (κ2) is 4.93. The molecule has 1 atom stereocenters. The topological polar surface area (TPSA) is 68.0 Å². The molecule has 4 heteroatoms. The number of rotatable bonds is 3. The van der Waals surface area contributed by atoms with Crippen molar-refractivity contribution in [2.24, 2.45) is 5.73 Å². The van der Waals surface area contributed by atoms with Crippen LogP contribution in [0.25, 0.3) is 10.9 Å². The average Bonchev–Trinajstić information content (AvgIpc) is 2.37. The molecule has 0 aliphatic heterocycles. The van der Waals surface area contributed by atoms with Gasteiger partial charge in [0.25, 0.3) is 5.91 Å². The highest BCUT2D eigenvalue weighted by Gasteiger charge is 2.11. The minimum absolute atomic E-state index is 0.0329. The molecule has 1 aromatic carbocycles. The van der Waals surface area contributed by atoms with E-state index in [0.717, 1.165) is 10.9 Å². The van der Waals surface area contributed by atoms with Crippen LogP contribution in [0.1, 0.15) is 17.3 Å². The van der Waals surface area contributed by atoms with Gasteiger partial charge in [0.1, 0.15) is 0 Å². The Bertz CT molecular complexity index is 534. The molecule has 3 N–H and O–H groups in total. The number of hydrogen-bond donors (Lipinski definition) is 2. The Morgan fingerprint density at radius 1 is 1.41 bits per heavy atom. The predicted octanol–water partition coefficient (Wildman–Crippen LogP) is 1.31. The monoisotopic (exact) mass is 229 g/mol. The highest BCUT2D eigenvalue weighted by Crippen LogP contribution is 2.16. The van der Waals surface area contributed by atoms with Crippen LogP contribution >= 0.6 is 0 Å². The molecule has 0 spiro atoms. The third kappa shape index (κ3) is 2.42. The van der Waals surface area contributed by atoms with Crippen molar-refractivity contribution in [3.05, 3.63) is 42.1 Å². The molecular weight excluding hydrogens is 214 g/mol. The van der Waals surface area contributed by atoms with Crippen LogP contribution in [-0.4, -0.2) is 23.5 Å². The quantitative estimate of drug-likeness (QED) is 0.833. The van der Waals surface area contributed by atoms with Crippen molar-refractivity contribution in [2.45, 2.75) is 13.0 Å². The summed E-state index contributed by atoms with van der Waals surface area (Å²) in [4.78, 5) is 16.3. The maximum absolute atomic E-state index is 12.0. The number of fused-ring (bicyclic) bond motifs is 1. The van der Waals surface area contributed by atoms with E-state index in [0.29, 0.717) is 12.1 Å². The Kier molecular flexibility index (Phi) is 3.35. The van der Waals surface area contributed by atoms with Gasteiger partial charge < -0.3 is 11.1 Å². The molecule has 1 aromatic heterocycles. The lowest BCUT2D eigenvalue weighted by Gasteiger charge is -2.12. The Hall–Kier alpha value is -1.94. The Labute approximate surface area is 99.8 Å². The van der Waals surface area contributed by atoms with Gasteiger partial charge in [0.2, 0.25) is 0 Å². The number of amides is 1. The molecule has 88 valence electrons. The lowest BCUT2D eigenvalue weighted by atomic mass is 10.1. The number of carbonyl (C=O) groups is 1. The van der Waals surface area contributed by atoms with Crippen LogP contribution in [0.2, 0.25) is 0 Å². The zero-order valence-corrected chi connectivity index (χ0v) is 9.68. The number of hydrogen-bond acceptors (Lipinski definition) is 3. The van der Waals surface area contributed by atoms with Crippen molar-refractivity contribution in [2.75, 3.05) is 6.54 Å². The fraction of sp³-hybridized carbons (Fsp3) is 0.231. The summed E-state index contributed by atoms with van der Waals surface area (Å²) in [7, 11) is 0. The zero-order valence-electron chi connectivity index (χ0n) is 9.68. The molecule has 1 amide bonds. The van der Waals surface area contributed by atoms with Gasteiger partial charge in [0, 0.05) is 29.7 Å². The molecule has 0 saturated heterocycles. The van der Waals surface area contributed by atoms with E-state index in [2.05, 4.69) is 10.3 Å². The van der Waals surface area contributed by atoms with Crippen LogP contribution in [0.4, 0.5) is 0 Å². The van der Waals surface area contributed by atoms with Gasteiger partial charge in [-0.3, -0.25) is 9.78 Å². The van der Waals surface area contributed by atoms with Crippen molar-refractivity contribution in [3.8, 4) is 0 Å². The van der Waals surface area contributed by atoms with E-state index in [-0.39, 0.29) is 11.9 Å². The smallest absolute Gasteiger partial charge is 0.252 e. The fourth-order valence-corrected chi connectivity index (χ4v) is 1.66. The largest absolute Gasteiger partial charge is 0.348 e. The number of carbonyl (C=O) groups excluding carboxylic acids is 1. The molecule has 0 aliphatic rings. The zero-order chi connectivity index (χ0) is 12.3. The molecular formula is C13H15N3O. The maximum atomic E-state index is 12.0. The number of nitrogens with zero attached hydrogens (tertiary/aromatic N) is 1. The molecule has 17 heavy (non-hydrogen) atoms. The summed E-state index contributed by atoms with van der Waals surface area (Å²) in [5.41, 5.74) is 6.94. The van der Waals surface area contributed by atoms with Gasteiger partial charge in [-0.05, 0) is 25.1 Å². The fourth-order valence-electron chi connectivity index (χ4n) is 1.66. The second-order valence-corrected chi connectivity index (χ2v) is 3.99. The normalized spacial score (nSPS) is 12.4. The summed E-state index contributed by atoms with van der Waals surface area (Å²) >= 11 is 0. The molecule has 1 unspecified atom stereocenters. The van der Waals surface area contributed by atoms with Crippen LogP contribution in [0, 0.1) is 0 Å². The SMILES string of the molecule is CC(CN)NC(=O)c1cccc2ncccc12. The van der Waals surface area contributed by atoms with Gasteiger partial charge in [-0.25, -0.2) is 0 Å². The van der Waals surface area contributed by atoms with Gasteiger partial charge in [0.15, 0.2) is 0 Å². The van der Waals surface area contributed by atoms with Crippen molar-refractivity contribution in [1.29, 1.82) is 0 Å². The van der Waals surface area contributed by atoms with E-state index >= 15 is 0 Å². The Morgan fingerprint density at radius 3 is 3.00 bits per heavy atom. The van der Waals surface area contributed by atoms with Crippen molar-refractivity contribution >= 4 is 16.8 Å². The number of pyridine rings is 1. The average molecular weight is 229 g/mol. The first kappa shape index (κ1) is 11.5. The highest BCUT2D eigenvalue weighted by atomic mass is 16.1. The van der Waals surface area contributed by atoms with Crippen LogP contribution in [0.15, 0.2) is 36.5 Å². The number of nitrogens with one attached hydrogen (secondary N) is 1. The summed E-state index contributed by atoms with van der Waals surface area (Å²) < 4.78 is 0. The molecule has 0 bridgehead atoms. The summed E-state index contributed by atoms with van der Waals surface area (Å²) in [6.07, 6.45) is 1.71. The van der Waals surface area contributed by atoms with Gasteiger partial charge in [-0.15, -0.1) is 0 Å². The Balaban J connectivity index is 2.38. The van der Waals surface area contributed by atoms with Gasteiger partial charge in [-0.1, -0.05) is 12.1 Å². The van der Waals surface area contributed by atoms with Crippen LogP contribution < -0.4 is 11.1 Å². The molecule has 0 radical (unpaired) electrons. The first-order valence-corrected chi connectivity index (χ1v) is 5.57. The highest BCUT2D eigenvalue weighted by molar-refractivity contribution is 6.06. The minimum Gasteiger partial charge on any atom is -0.348 e. The summed E-state index contributed by atoms with van der Waals surface area (Å²) in [6.45, 7) is 2.30. The number of nitrogens with two attached hydrogens (primary N) is 1. The molecule has 0 saturated carbocycles. The molecule has 2 aromatic rings. The lowest BCUT2D eigenvalue weighted by Crippen LogP contribution is -2.37. The maximum Gasteiger partial charge on any atom is 0.252 e. The molecule has 1 heterocycles. The van der Waals surface area contributed by atoms with Gasteiger partial charge in [0.05, 0.1) is 5.52 Å². The van der Waals surface area contributed by atoms with E-state index in [1.807, 2.05) is 31.2 Å². The van der Waals surface area contributed by atoms with E-state index in [1.54, 1.807) is 12.3 Å². The lowest BCUT2D eigenvalue weighted by molar-refractivity contribution is 0.0943. The van der Waals surface area contributed by atoms with E-state index in [9.17, 15) is 4.79 Å². The first-order chi connectivity index (χ1) is 8.22. The van der Waals surface area contributed by atoms with Crippen LogP contribution in [-0.2, 0) is 0 Å². The minimum atomic E-state index is -0.110. The molecule has 4 nitrogen and oxygen atoms in total. The van der Waals surface area contributed by atoms with Crippen LogP contribution in [0.5, 0.6) is 0 Å². The number of aromatic nitrogens is 1. The van der Waals surface area contributed by atoms with E-state index in [1.165, 1.54) is 0 Å². The van der Waals surface area contributed by atoms with Gasteiger partial charge >= 0.3 is 0 Å². The van der Waals surface area contributed by atoms with Crippen LogP contribution in [0.3, 0.4) is 0 Å². The predicted molar refractivity (Wildman–Crippen MR) is 67.7 cm³/mol. The summed E-state index contributed by atoms with van der Waals surface area (Å²) in [5.74, 6) is -0.110. The number of benzene rings is 1. The Morgan fingerprint density at radius 2 is 2.24 bits per heavy atom. The van der Waals surface area contributed by atoms with Crippen molar-refractivity contribution < 1.29 is 4.79 Å². The third-order valence-electron chi connectivity index (χ3n) is 2.62. The second-order valence-electron chi connectivity index (χ2n) is 3.99. The van der Waals surface area contributed by atoms with E-state index < -0.39 is 0 Å². The standard InChI is InChI=1S/C13H15N3O/c1-9(8-14)16-13(17)11-4-2-6-12-10(11)5-3-7-15-12/h2-7,9H,8,14H2,1H3,(H,16,17). The molecule has 0 aliphatic carbocycles. The molecule has 2 rings (SSSR count). The van der Waals surface area contributed by atoms with Gasteiger partial charge in [-0.2, -0.15) is 0 Å². The molecule has 0 fully saturated rings.